The van der Waals surface area contributed by atoms with Crippen LogP contribution < -0.4 is 85.9 Å². The van der Waals surface area contributed by atoms with Crippen LogP contribution in [0.2, 0.25) is 0 Å². The van der Waals surface area contributed by atoms with Gasteiger partial charge in [-0.05, 0) is 153 Å². The van der Waals surface area contributed by atoms with Crippen LogP contribution in [0.4, 0.5) is 0 Å². The fraction of sp³-hybridized carbons (Fsp3) is 0.584. The molecule has 18 amide bonds. The van der Waals surface area contributed by atoms with Gasteiger partial charge in [-0.3, -0.25) is 86.3 Å². The van der Waals surface area contributed by atoms with Gasteiger partial charge in [0, 0.05) is 62.8 Å². The zero-order chi connectivity index (χ0) is 87.6. The number of fused-ring (bicyclic) bond motifs is 1. The van der Waals surface area contributed by atoms with Gasteiger partial charge in [0.05, 0.1) is 31.8 Å². The Bertz CT molecular complexity index is 4210. The number of aliphatic hydroxyl groups is 2. The van der Waals surface area contributed by atoms with E-state index in [9.17, 15) is 96.5 Å². The van der Waals surface area contributed by atoms with Gasteiger partial charge in [0.15, 0.2) is 0 Å². The van der Waals surface area contributed by atoms with E-state index in [0.717, 1.165) is 21.4 Å². The lowest BCUT2D eigenvalue weighted by atomic mass is 9.98. The van der Waals surface area contributed by atoms with Crippen LogP contribution in [0.3, 0.4) is 0 Å². The summed E-state index contributed by atoms with van der Waals surface area (Å²) in [4.78, 5) is 248. The smallest absolute Gasteiger partial charge is 0.248 e. The average Bonchev–Trinajstić information content (AvgIpc) is 1.60. The van der Waals surface area contributed by atoms with Crippen molar-refractivity contribution in [2.24, 2.45) is 11.5 Å². The van der Waals surface area contributed by atoms with E-state index in [1.807, 2.05) is 54.6 Å². The largest absolute Gasteiger partial charge is 0.394 e. The summed E-state index contributed by atoms with van der Waals surface area (Å²) in [5.41, 5.74) is 0.621. The number of hydrogen-bond acceptors (Lipinski definition) is 20. The number of benzene rings is 2. The van der Waals surface area contributed by atoms with Crippen LogP contribution >= 0.6 is 0 Å². The summed E-state index contributed by atoms with van der Waals surface area (Å²) in [7, 11) is 0. The molecule has 116 heavy (non-hydrogen) atoms. The van der Waals surface area contributed by atoms with E-state index >= 15 is 0 Å². The standard InChI is InChI=1S/C77H115N19O20/c1-41(83-66(112)73(7,8)88-57(103)38-82-64(110)71(3,4)90-60(106)50(29-31-55(79)101)87-67(113)74(9,10)91-61(107)51(84-42(2)98)34-44-36-80-48-26-21-20-25-47(44)48)58(104)89-75(11,12)68(114)94-72(5,6)65(111)81-37-56(102)86-49(28-30-54(78)100)59(105)92-77(15,16)70(116)96-39-46(99)35-53(96)63(109)93-76(13,14)69(115)95-32-22-27-52(95)62(108)85-45(40-97)33-43-23-18-17-19-24-43/h17-21,23-26,36,41,45-46,49-53,80,97,99H,22,27-35,37-40H2,1-16H3,(H2,78,100)(H2,79,101)(H,81,111)(H,82,110)(H,83,112)(H,84,98)(H,85,108)(H,86,102)(H,87,113)(H,88,103)(H,89,104)(H,90,106)(H,91,107)(H,92,105)(H,93,109)(H,94,114)/t41-,45-,46+,49-,50-,51-,52-,53-/m0/s1. The molecule has 2 fully saturated rings. The monoisotopic (exact) mass is 1630 g/mol. The number of carbonyl (C=O) groups excluding carboxylic acids is 18. The van der Waals surface area contributed by atoms with E-state index in [1.54, 1.807) is 6.20 Å². The van der Waals surface area contributed by atoms with Crippen molar-refractivity contribution >= 4 is 117 Å². The SMILES string of the molecule is CC(=O)N[C@@H](Cc1c[nH]c2ccccc12)C(=O)NC(C)(C)C(=O)N[C@@H](CCC(N)=O)C(=O)NC(C)(C)C(=O)NCC(=O)NC(C)(C)C(=O)N[C@@H](C)C(=O)NC(C)(C)C(=O)NC(C)(C)C(=O)NCC(=O)N[C@@H](CCC(N)=O)C(=O)NC(C)(C)C(=O)N1C[C@H](O)C[C@H]1C(=O)NC(C)(C)C(=O)N1CCC[C@H]1C(=O)N[C@H](CO)Cc1ccccc1. The van der Waals surface area contributed by atoms with Gasteiger partial charge in [-0.1, -0.05) is 48.5 Å². The van der Waals surface area contributed by atoms with Gasteiger partial charge in [0.25, 0.3) is 0 Å². The zero-order valence-electron chi connectivity index (χ0n) is 68.6. The summed E-state index contributed by atoms with van der Waals surface area (Å²) in [5, 5.41) is 56.8. The quantitative estimate of drug-likeness (QED) is 0.0255. The highest BCUT2D eigenvalue weighted by atomic mass is 16.3. The first-order chi connectivity index (χ1) is 53.6. The second-order valence-corrected chi connectivity index (χ2v) is 33.0. The zero-order valence-corrected chi connectivity index (χ0v) is 68.6. The van der Waals surface area contributed by atoms with Crippen LogP contribution in [0.25, 0.3) is 10.9 Å². The molecule has 2 aliphatic rings. The number of rotatable bonds is 40. The Morgan fingerprint density at radius 1 is 0.491 bits per heavy atom. The van der Waals surface area contributed by atoms with Crippen molar-refractivity contribution in [2.75, 3.05) is 32.8 Å². The van der Waals surface area contributed by atoms with Crippen molar-refractivity contribution in [3.05, 3.63) is 71.9 Å². The van der Waals surface area contributed by atoms with Gasteiger partial charge in [-0.25, -0.2) is 0 Å². The Hall–Kier alpha value is -11.6. The third-order valence-electron chi connectivity index (χ3n) is 19.5. The molecule has 0 bridgehead atoms. The number of aliphatic hydroxyl groups excluding tert-OH is 2. The van der Waals surface area contributed by atoms with E-state index in [4.69, 9.17) is 11.5 Å². The molecule has 8 atom stereocenters. The first kappa shape index (κ1) is 95.0. The number of nitrogens with one attached hydrogen (secondary N) is 15. The van der Waals surface area contributed by atoms with E-state index in [2.05, 4.69) is 79.4 Å². The van der Waals surface area contributed by atoms with Crippen LogP contribution in [-0.2, 0) is 99.1 Å². The Balaban J connectivity index is 1.09. The Labute approximate surface area is 672 Å². The third-order valence-corrected chi connectivity index (χ3v) is 19.5. The molecule has 0 unspecified atom stereocenters. The summed E-state index contributed by atoms with van der Waals surface area (Å²) < 4.78 is 0. The predicted octanol–water partition coefficient (Wildman–Crippen LogP) is -4.61. The Kier molecular flexibility index (Phi) is 32.4. The number of amides is 18. The number of β-amino-alcohol motifs (C(OH)–C–C–N with tert-alkyl or cyclic N) is 1. The lowest BCUT2D eigenvalue weighted by Crippen LogP contribution is -2.65. The number of para-hydroxylation sites is 1. The van der Waals surface area contributed by atoms with Crippen molar-refractivity contribution in [1.82, 2.24) is 89.2 Å². The van der Waals surface area contributed by atoms with Crippen molar-refractivity contribution in [3.63, 3.8) is 0 Å². The Morgan fingerprint density at radius 2 is 0.966 bits per heavy atom. The van der Waals surface area contributed by atoms with E-state index < -0.39 is 226 Å². The van der Waals surface area contributed by atoms with Crippen LogP contribution in [-0.4, -0.2) is 251 Å². The maximum atomic E-state index is 14.4. The predicted molar refractivity (Wildman–Crippen MR) is 420 cm³/mol. The number of H-pyrrole nitrogens is 1. The molecule has 2 saturated heterocycles. The number of aromatic amines is 1. The molecule has 2 aromatic carbocycles. The molecule has 5 rings (SSSR count). The van der Waals surface area contributed by atoms with Crippen molar-refractivity contribution < 1.29 is 96.5 Å². The molecule has 3 aromatic rings. The molecule has 0 radical (unpaired) electrons. The first-order valence-corrected chi connectivity index (χ1v) is 38.0. The summed E-state index contributed by atoms with van der Waals surface area (Å²) >= 11 is 0. The highest BCUT2D eigenvalue weighted by Crippen LogP contribution is 2.27. The van der Waals surface area contributed by atoms with Gasteiger partial charge >= 0.3 is 0 Å². The third kappa shape index (κ3) is 27.0. The summed E-state index contributed by atoms with van der Waals surface area (Å²) in [6, 6.07) is 7.92. The number of likely N-dealkylation sites (tertiary alicyclic amines) is 2. The molecule has 0 saturated carbocycles. The second-order valence-electron chi connectivity index (χ2n) is 33.0. The van der Waals surface area contributed by atoms with E-state index in [0.29, 0.717) is 24.8 Å². The number of nitrogens with zero attached hydrogens (tertiary/aromatic N) is 2. The van der Waals surface area contributed by atoms with E-state index in [-0.39, 0.29) is 39.0 Å². The fourth-order valence-electron chi connectivity index (χ4n) is 12.7. The fourth-order valence-corrected chi connectivity index (χ4v) is 12.7. The summed E-state index contributed by atoms with van der Waals surface area (Å²) in [5.74, 6) is -15.2. The highest BCUT2D eigenvalue weighted by Gasteiger charge is 2.49. The number of primary amides is 2. The molecule has 2 aliphatic heterocycles. The average molecular weight is 1630 g/mol. The van der Waals surface area contributed by atoms with Crippen LogP contribution in [0, 0.1) is 0 Å². The number of nitrogens with two attached hydrogens (primary N) is 2. The molecule has 0 spiro atoms. The van der Waals surface area contributed by atoms with Gasteiger partial charge in [-0.15, -0.1) is 0 Å². The summed E-state index contributed by atoms with van der Waals surface area (Å²) in [6.45, 7) is 18.6. The molecule has 39 heteroatoms. The lowest BCUT2D eigenvalue weighted by Gasteiger charge is -2.37. The highest BCUT2D eigenvalue weighted by molar-refractivity contribution is 6.03. The number of aromatic nitrogens is 1. The molecule has 21 N–H and O–H groups in total. The molecule has 3 heterocycles. The maximum absolute atomic E-state index is 14.4. The minimum atomic E-state index is -1.89. The minimum absolute atomic E-state index is 0.0374. The molecule has 638 valence electrons. The topological polar surface area (TPSA) is 590 Å². The first-order valence-electron chi connectivity index (χ1n) is 38.0. The Morgan fingerprint density at radius 3 is 1.53 bits per heavy atom. The molecule has 39 nitrogen and oxygen atoms in total. The molecular weight excluding hydrogens is 1510 g/mol. The summed E-state index contributed by atoms with van der Waals surface area (Å²) in [6.07, 6.45) is -0.278. The van der Waals surface area contributed by atoms with Gasteiger partial charge in [0.2, 0.25) is 106 Å². The molecular formula is C77H115N19O20. The van der Waals surface area contributed by atoms with Crippen LogP contribution in [0.5, 0.6) is 0 Å². The van der Waals surface area contributed by atoms with Gasteiger partial charge in [-0.2, -0.15) is 0 Å². The normalized spacial score (nSPS) is 16.6. The van der Waals surface area contributed by atoms with Crippen LogP contribution in [0.1, 0.15) is 167 Å². The minimum Gasteiger partial charge on any atom is -0.394 e. The molecule has 1 aromatic heterocycles. The maximum Gasteiger partial charge on any atom is 0.248 e. The van der Waals surface area contributed by atoms with Crippen molar-refractivity contribution in [3.8, 4) is 0 Å². The number of hydrogen-bond donors (Lipinski definition) is 19. The van der Waals surface area contributed by atoms with E-state index in [1.165, 1.54) is 116 Å². The number of carbonyl (C=O) groups is 18. The van der Waals surface area contributed by atoms with Crippen LogP contribution in [0.15, 0.2) is 60.8 Å². The molecule has 0 aliphatic carbocycles. The van der Waals surface area contributed by atoms with Gasteiger partial charge in [0.1, 0.15) is 75.0 Å². The lowest BCUT2D eigenvalue weighted by molar-refractivity contribution is -0.148. The second kappa shape index (κ2) is 39.6. The van der Waals surface area contributed by atoms with Crippen molar-refractivity contribution in [1.29, 1.82) is 0 Å². The van der Waals surface area contributed by atoms with Crippen molar-refractivity contribution in [2.45, 2.75) is 256 Å². The van der Waals surface area contributed by atoms with Gasteiger partial charge < -0.3 is 111 Å².